The van der Waals surface area contributed by atoms with Crippen molar-refractivity contribution in [3.63, 3.8) is 0 Å². The molecule has 1 fully saturated rings. The molecule has 0 radical (unpaired) electrons. The highest BCUT2D eigenvalue weighted by Crippen LogP contribution is 2.58. The fourth-order valence-electron chi connectivity index (χ4n) is 8.22. The first-order chi connectivity index (χ1) is 24.1. The smallest absolute Gasteiger partial charge is 0.279 e. The first kappa shape index (κ1) is 33.5. The lowest BCUT2D eigenvalue weighted by atomic mass is 9.82. The van der Waals surface area contributed by atoms with Gasteiger partial charge in [0.15, 0.2) is 5.60 Å². The average Bonchev–Trinajstić information content (AvgIpc) is 3.72. The number of hydrogen-bond donors (Lipinski definition) is 3. The largest absolute Gasteiger partial charge is 0.497 e. The number of nitrogens with one attached hydrogen (secondary N) is 2. The van der Waals surface area contributed by atoms with Gasteiger partial charge in [-0.15, -0.1) is 0 Å². The minimum atomic E-state index is -2.50. The standard InChI is InChI=1S/C39H42N4O6Si/c1-25-36(50(3,4)29-17-15-28(48-2)16-18-29)34(23-35(45)42(20-21-44)24-26-10-6-5-7-11-26)49-39(25)31-22-27(14-19-33(31)40-38(39)47)43-37(46)30-12-8-9-13-32(30)41-43/h5-19,22,25,34,36,41,44H,20-21,23-24H2,1-4H3,(H,40,47)/t25-,34+,36-,39+/m0/s1. The van der Waals surface area contributed by atoms with E-state index >= 15 is 0 Å². The molecule has 0 bridgehead atoms. The third-order valence-corrected chi connectivity index (χ3v) is 15.1. The molecule has 7 rings (SSSR count). The van der Waals surface area contributed by atoms with Crippen LogP contribution in [0.4, 0.5) is 5.69 Å². The third kappa shape index (κ3) is 5.55. The number of amides is 2. The minimum absolute atomic E-state index is 0.0416. The van der Waals surface area contributed by atoms with Crippen molar-refractivity contribution in [2.24, 2.45) is 5.92 Å². The number of para-hydroxylation sites is 1. The summed E-state index contributed by atoms with van der Waals surface area (Å²) in [6.07, 6.45) is -0.561. The van der Waals surface area contributed by atoms with Gasteiger partial charge in [0.05, 0.1) is 50.9 Å². The van der Waals surface area contributed by atoms with Crippen molar-refractivity contribution in [2.75, 3.05) is 25.6 Å². The summed E-state index contributed by atoms with van der Waals surface area (Å²) in [5.41, 5.74) is 1.77. The Morgan fingerprint density at radius 3 is 2.42 bits per heavy atom. The van der Waals surface area contributed by atoms with Crippen LogP contribution >= 0.6 is 0 Å². The van der Waals surface area contributed by atoms with Gasteiger partial charge >= 0.3 is 0 Å². The Balaban J connectivity index is 1.31. The fraction of sp³-hybridized carbons (Fsp3) is 0.308. The fourth-order valence-corrected chi connectivity index (χ4v) is 12.2. The van der Waals surface area contributed by atoms with Crippen molar-refractivity contribution < 1.29 is 24.2 Å². The molecule has 2 amide bonds. The zero-order valence-electron chi connectivity index (χ0n) is 28.7. The van der Waals surface area contributed by atoms with E-state index in [1.807, 2.05) is 72.8 Å². The number of aliphatic hydroxyl groups excluding tert-OH is 1. The number of hydrogen-bond acceptors (Lipinski definition) is 6. The minimum Gasteiger partial charge on any atom is -0.497 e. The summed E-state index contributed by atoms with van der Waals surface area (Å²) in [5, 5.41) is 17.9. The number of benzene rings is 4. The lowest BCUT2D eigenvalue weighted by molar-refractivity contribution is -0.148. The maximum absolute atomic E-state index is 14.3. The van der Waals surface area contributed by atoms with Gasteiger partial charge < -0.3 is 24.8 Å². The SMILES string of the molecule is COc1ccc([Si](C)(C)[C@@H]2[C@@H](CC(=O)N(CCO)Cc3ccccc3)O[C@]3(C(=O)Nc4ccc(-n5[nH]c6ccccc6c5=O)cc43)[C@H]2C)cc1. The van der Waals surface area contributed by atoms with Crippen LogP contribution in [-0.2, 0) is 26.5 Å². The monoisotopic (exact) mass is 690 g/mol. The Labute approximate surface area is 291 Å². The van der Waals surface area contributed by atoms with Crippen molar-refractivity contribution in [3.05, 3.63) is 119 Å². The van der Waals surface area contributed by atoms with Gasteiger partial charge in [0, 0.05) is 30.3 Å². The van der Waals surface area contributed by atoms with E-state index in [0.717, 1.165) is 16.5 Å². The van der Waals surface area contributed by atoms with Crippen LogP contribution in [-0.4, -0.2) is 66.0 Å². The number of nitrogens with zero attached hydrogens (tertiary/aromatic N) is 2. The molecule has 10 nitrogen and oxygen atoms in total. The van der Waals surface area contributed by atoms with E-state index in [1.54, 1.807) is 24.1 Å². The van der Waals surface area contributed by atoms with Crippen molar-refractivity contribution in [3.8, 4) is 11.4 Å². The Morgan fingerprint density at radius 2 is 1.72 bits per heavy atom. The molecule has 258 valence electrons. The highest BCUT2D eigenvalue weighted by molar-refractivity contribution is 6.91. The molecule has 2 aliphatic heterocycles. The number of aliphatic hydroxyl groups is 1. The number of rotatable bonds is 10. The number of anilines is 1. The van der Waals surface area contributed by atoms with Gasteiger partial charge in [-0.3, -0.25) is 19.5 Å². The molecule has 4 atom stereocenters. The Bertz CT molecular complexity index is 2110. The number of carbonyl (C=O) groups excluding carboxylic acids is 2. The molecule has 0 unspecified atom stereocenters. The Hall–Kier alpha value is -4.97. The highest BCUT2D eigenvalue weighted by atomic mass is 28.3. The molecule has 1 saturated heterocycles. The zero-order chi connectivity index (χ0) is 35.2. The predicted molar refractivity (Wildman–Crippen MR) is 196 cm³/mol. The van der Waals surface area contributed by atoms with E-state index < -0.39 is 19.8 Å². The topological polar surface area (TPSA) is 126 Å². The first-order valence-electron chi connectivity index (χ1n) is 17.0. The summed E-state index contributed by atoms with van der Waals surface area (Å²) in [5.74, 6) is -0.0156. The van der Waals surface area contributed by atoms with Gasteiger partial charge in [0.1, 0.15) is 5.75 Å². The van der Waals surface area contributed by atoms with Gasteiger partial charge in [0.25, 0.3) is 11.5 Å². The van der Waals surface area contributed by atoms with Gasteiger partial charge in [0.2, 0.25) is 5.91 Å². The summed E-state index contributed by atoms with van der Waals surface area (Å²) < 4.78 is 14.0. The predicted octanol–water partition coefficient (Wildman–Crippen LogP) is 4.91. The number of aromatic amines is 1. The van der Waals surface area contributed by atoms with Crippen molar-refractivity contribution in [1.82, 2.24) is 14.7 Å². The number of H-pyrrole nitrogens is 1. The maximum Gasteiger partial charge on any atom is 0.279 e. The zero-order valence-corrected chi connectivity index (χ0v) is 29.7. The average molecular weight is 691 g/mol. The summed E-state index contributed by atoms with van der Waals surface area (Å²) >= 11 is 0. The van der Waals surface area contributed by atoms with E-state index in [1.165, 1.54) is 4.68 Å². The molecule has 3 heterocycles. The van der Waals surface area contributed by atoms with Crippen LogP contribution in [0.2, 0.25) is 18.6 Å². The van der Waals surface area contributed by atoms with Crippen LogP contribution in [0.5, 0.6) is 5.75 Å². The van der Waals surface area contributed by atoms with E-state index in [0.29, 0.717) is 34.4 Å². The number of aromatic nitrogens is 2. The van der Waals surface area contributed by atoms with E-state index in [-0.39, 0.29) is 48.4 Å². The molecule has 1 spiro atoms. The summed E-state index contributed by atoms with van der Waals surface area (Å²) in [4.78, 5) is 43.6. The van der Waals surface area contributed by atoms with Crippen LogP contribution in [0, 0.1) is 5.92 Å². The first-order valence-corrected chi connectivity index (χ1v) is 20.1. The maximum atomic E-state index is 14.3. The number of ether oxygens (including phenoxy) is 2. The van der Waals surface area contributed by atoms with Gasteiger partial charge in [-0.25, -0.2) is 4.68 Å². The third-order valence-electron chi connectivity index (χ3n) is 10.7. The molecule has 4 aromatic carbocycles. The molecule has 3 N–H and O–H groups in total. The van der Waals surface area contributed by atoms with Crippen LogP contribution in [0.3, 0.4) is 0 Å². The lowest BCUT2D eigenvalue weighted by Crippen LogP contribution is -2.52. The number of fused-ring (bicyclic) bond motifs is 3. The summed E-state index contributed by atoms with van der Waals surface area (Å²) in [6.45, 7) is 6.94. The van der Waals surface area contributed by atoms with E-state index in [2.05, 4.69) is 42.6 Å². The quantitative estimate of drug-likeness (QED) is 0.179. The van der Waals surface area contributed by atoms with Gasteiger partial charge in [-0.05, 0) is 53.6 Å². The summed E-state index contributed by atoms with van der Waals surface area (Å²) in [6, 6.07) is 30.6. The number of methoxy groups -OCH3 is 1. The van der Waals surface area contributed by atoms with Crippen molar-refractivity contribution in [2.45, 2.75) is 50.2 Å². The Morgan fingerprint density at radius 1 is 1.00 bits per heavy atom. The van der Waals surface area contributed by atoms with Crippen LogP contribution in [0.1, 0.15) is 24.5 Å². The summed E-state index contributed by atoms with van der Waals surface area (Å²) in [7, 11) is -0.861. The lowest BCUT2D eigenvalue weighted by Gasteiger charge is -2.37. The van der Waals surface area contributed by atoms with Crippen LogP contribution < -0.4 is 20.8 Å². The molecule has 0 saturated carbocycles. The van der Waals surface area contributed by atoms with Crippen molar-refractivity contribution >= 4 is 41.7 Å². The van der Waals surface area contributed by atoms with E-state index in [4.69, 9.17) is 9.47 Å². The molecular weight excluding hydrogens is 649 g/mol. The van der Waals surface area contributed by atoms with Gasteiger partial charge in [-0.1, -0.05) is 79.8 Å². The molecule has 5 aromatic rings. The molecular formula is C39H42N4O6Si. The highest BCUT2D eigenvalue weighted by Gasteiger charge is 2.65. The van der Waals surface area contributed by atoms with E-state index in [9.17, 15) is 19.5 Å². The molecule has 0 aliphatic carbocycles. The second-order valence-corrected chi connectivity index (χ2v) is 18.6. The Kier molecular flexibility index (Phi) is 8.75. The van der Waals surface area contributed by atoms with Crippen LogP contribution in [0.15, 0.2) is 102 Å². The second kappa shape index (κ2) is 13.1. The van der Waals surface area contributed by atoms with Gasteiger partial charge in [-0.2, -0.15) is 0 Å². The molecule has 2 aliphatic rings. The second-order valence-electron chi connectivity index (χ2n) is 13.9. The number of carbonyl (C=O) groups is 2. The molecule has 1 aromatic heterocycles. The van der Waals surface area contributed by atoms with Crippen molar-refractivity contribution in [1.29, 1.82) is 0 Å². The molecule has 50 heavy (non-hydrogen) atoms. The van der Waals surface area contributed by atoms with Crippen LogP contribution in [0.25, 0.3) is 16.6 Å². The normalized spacial score (nSPS) is 21.4. The molecule has 11 heteroatoms.